The van der Waals surface area contributed by atoms with Crippen molar-refractivity contribution in [3.05, 3.63) is 29.8 Å². The van der Waals surface area contributed by atoms with Gasteiger partial charge in [0.2, 0.25) is 0 Å². The second-order valence-corrected chi connectivity index (χ2v) is 6.44. The predicted octanol–water partition coefficient (Wildman–Crippen LogP) is 4.58. The van der Waals surface area contributed by atoms with Crippen LogP contribution < -0.4 is 4.74 Å². The van der Waals surface area contributed by atoms with Gasteiger partial charge < -0.3 is 9.84 Å². The predicted molar refractivity (Wildman–Crippen MR) is 80.4 cm³/mol. The van der Waals surface area contributed by atoms with Crippen LogP contribution in [-0.2, 0) is 0 Å². The molecule has 0 bridgehead atoms. The maximum Gasteiger partial charge on any atom is 0.119 e. The molecule has 1 N–H and O–H groups in total. The Hall–Kier alpha value is -1.02. The Morgan fingerprint density at radius 3 is 2.21 bits per heavy atom. The molecule has 0 saturated carbocycles. The summed E-state index contributed by atoms with van der Waals surface area (Å²) in [6.07, 6.45) is 1.40. The summed E-state index contributed by atoms with van der Waals surface area (Å²) in [5.74, 6) is 1.35. The van der Waals surface area contributed by atoms with Crippen LogP contribution in [0.1, 0.15) is 59.1 Å². The molecule has 108 valence electrons. The summed E-state index contributed by atoms with van der Waals surface area (Å²) < 4.78 is 5.54. The standard InChI is InChI=1S/C17H28O2/c1-6-11-19-15-9-7-14(8-10-15)16(18)12-13(2)17(3,4)5/h7-10,13,16,18H,6,11-12H2,1-5H3. The summed E-state index contributed by atoms with van der Waals surface area (Å²) in [6, 6.07) is 7.81. The van der Waals surface area contributed by atoms with Gasteiger partial charge in [0, 0.05) is 0 Å². The Morgan fingerprint density at radius 1 is 1.16 bits per heavy atom. The number of hydrogen-bond donors (Lipinski definition) is 1. The van der Waals surface area contributed by atoms with Gasteiger partial charge in [-0.25, -0.2) is 0 Å². The van der Waals surface area contributed by atoms with Crippen LogP contribution in [0.5, 0.6) is 5.75 Å². The molecule has 1 aromatic rings. The first kappa shape index (κ1) is 16.0. The molecule has 2 atom stereocenters. The fourth-order valence-electron chi connectivity index (χ4n) is 1.83. The molecule has 0 aliphatic carbocycles. The topological polar surface area (TPSA) is 29.5 Å². The molecule has 2 unspecified atom stereocenters. The van der Waals surface area contributed by atoms with Crippen molar-refractivity contribution in [3.63, 3.8) is 0 Å². The van der Waals surface area contributed by atoms with E-state index >= 15 is 0 Å². The van der Waals surface area contributed by atoms with Crippen molar-refractivity contribution in [2.45, 2.75) is 53.6 Å². The molecule has 0 saturated heterocycles. The quantitative estimate of drug-likeness (QED) is 0.815. The van der Waals surface area contributed by atoms with Crippen molar-refractivity contribution in [1.82, 2.24) is 0 Å². The molecule has 0 aliphatic rings. The molecule has 0 aliphatic heterocycles. The summed E-state index contributed by atoms with van der Waals surface area (Å²) in [5.41, 5.74) is 1.20. The highest BCUT2D eigenvalue weighted by Crippen LogP contribution is 2.33. The lowest BCUT2D eigenvalue weighted by molar-refractivity contribution is 0.111. The Kier molecular flexibility index (Phi) is 5.86. The van der Waals surface area contributed by atoms with Crippen LogP contribution in [0.2, 0.25) is 0 Å². The van der Waals surface area contributed by atoms with E-state index in [2.05, 4.69) is 34.6 Å². The van der Waals surface area contributed by atoms with Gasteiger partial charge in [0.15, 0.2) is 0 Å². The van der Waals surface area contributed by atoms with Crippen molar-refractivity contribution in [2.24, 2.45) is 11.3 Å². The minimum Gasteiger partial charge on any atom is -0.494 e. The van der Waals surface area contributed by atoms with Crippen LogP contribution >= 0.6 is 0 Å². The second-order valence-electron chi connectivity index (χ2n) is 6.44. The molecule has 0 spiro atoms. The molecule has 0 aromatic heterocycles. The monoisotopic (exact) mass is 264 g/mol. The normalized spacial score (nSPS) is 15.1. The lowest BCUT2D eigenvalue weighted by Crippen LogP contribution is -2.19. The zero-order valence-corrected chi connectivity index (χ0v) is 12.9. The summed E-state index contributed by atoms with van der Waals surface area (Å²) in [4.78, 5) is 0. The van der Waals surface area contributed by atoms with Crippen LogP contribution in [-0.4, -0.2) is 11.7 Å². The Morgan fingerprint density at radius 2 is 1.74 bits per heavy atom. The number of aliphatic hydroxyl groups is 1. The van der Waals surface area contributed by atoms with E-state index in [4.69, 9.17) is 4.74 Å². The molecule has 2 heteroatoms. The largest absolute Gasteiger partial charge is 0.494 e. The van der Waals surface area contributed by atoms with Gasteiger partial charge >= 0.3 is 0 Å². The maximum atomic E-state index is 10.3. The maximum absolute atomic E-state index is 10.3. The highest BCUT2D eigenvalue weighted by molar-refractivity contribution is 5.28. The zero-order valence-electron chi connectivity index (χ0n) is 12.9. The summed E-state index contributed by atoms with van der Waals surface area (Å²) in [6.45, 7) is 11.7. The Labute approximate surface area is 117 Å². The van der Waals surface area contributed by atoms with Crippen LogP contribution in [0.15, 0.2) is 24.3 Å². The average molecular weight is 264 g/mol. The van der Waals surface area contributed by atoms with Gasteiger partial charge in [0.05, 0.1) is 12.7 Å². The van der Waals surface area contributed by atoms with Gasteiger partial charge in [-0.05, 0) is 41.9 Å². The fraction of sp³-hybridized carbons (Fsp3) is 0.647. The minimum absolute atomic E-state index is 0.227. The van der Waals surface area contributed by atoms with E-state index in [-0.39, 0.29) is 5.41 Å². The molecular formula is C17H28O2. The minimum atomic E-state index is -0.394. The van der Waals surface area contributed by atoms with Crippen molar-refractivity contribution in [1.29, 1.82) is 0 Å². The molecule has 0 fully saturated rings. The lowest BCUT2D eigenvalue weighted by atomic mass is 9.78. The van der Waals surface area contributed by atoms with Crippen LogP contribution in [0.4, 0.5) is 0 Å². The summed E-state index contributed by atoms with van der Waals surface area (Å²) >= 11 is 0. The molecular weight excluding hydrogens is 236 g/mol. The van der Waals surface area contributed by atoms with E-state index in [0.29, 0.717) is 5.92 Å². The van der Waals surface area contributed by atoms with E-state index in [1.54, 1.807) is 0 Å². The lowest BCUT2D eigenvalue weighted by Gasteiger charge is -2.29. The third-order valence-electron chi connectivity index (χ3n) is 3.79. The fourth-order valence-corrected chi connectivity index (χ4v) is 1.83. The second kappa shape index (κ2) is 6.95. The molecule has 2 nitrogen and oxygen atoms in total. The summed E-state index contributed by atoms with van der Waals surface area (Å²) in [7, 11) is 0. The first-order chi connectivity index (χ1) is 8.84. The van der Waals surface area contributed by atoms with Crippen molar-refractivity contribution in [3.8, 4) is 5.75 Å². The number of hydrogen-bond acceptors (Lipinski definition) is 2. The Balaban J connectivity index is 2.60. The number of ether oxygens (including phenoxy) is 1. The Bertz CT molecular complexity index is 362. The summed E-state index contributed by atoms with van der Waals surface area (Å²) in [5, 5.41) is 10.3. The van der Waals surface area contributed by atoms with E-state index in [0.717, 1.165) is 30.8 Å². The third kappa shape index (κ3) is 5.23. The van der Waals surface area contributed by atoms with Crippen LogP contribution in [0.3, 0.4) is 0 Å². The number of aliphatic hydroxyl groups excluding tert-OH is 1. The SMILES string of the molecule is CCCOc1ccc(C(O)CC(C)C(C)(C)C)cc1. The number of benzene rings is 1. The van der Waals surface area contributed by atoms with Gasteiger partial charge in [-0.3, -0.25) is 0 Å². The van der Waals surface area contributed by atoms with E-state index < -0.39 is 6.10 Å². The first-order valence-corrected chi connectivity index (χ1v) is 7.25. The van der Waals surface area contributed by atoms with Crippen molar-refractivity contribution < 1.29 is 9.84 Å². The third-order valence-corrected chi connectivity index (χ3v) is 3.79. The zero-order chi connectivity index (χ0) is 14.5. The van der Waals surface area contributed by atoms with Gasteiger partial charge in [-0.1, -0.05) is 46.8 Å². The van der Waals surface area contributed by atoms with E-state index in [1.165, 1.54) is 0 Å². The van der Waals surface area contributed by atoms with E-state index in [9.17, 15) is 5.11 Å². The molecule has 1 aromatic carbocycles. The van der Waals surface area contributed by atoms with Gasteiger partial charge in [-0.15, -0.1) is 0 Å². The van der Waals surface area contributed by atoms with Crippen molar-refractivity contribution >= 4 is 0 Å². The highest BCUT2D eigenvalue weighted by atomic mass is 16.5. The van der Waals surface area contributed by atoms with Gasteiger partial charge in [-0.2, -0.15) is 0 Å². The van der Waals surface area contributed by atoms with Crippen LogP contribution in [0.25, 0.3) is 0 Å². The number of rotatable bonds is 6. The smallest absolute Gasteiger partial charge is 0.119 e. The molecule has 19 heavy (non-hydrogen) atoms. The molecule has 1 rings (SSSR count). The molecule has 0 heterocycles. The van der Waals surface area contributed by atoms with Gasteiger partial charge in [0.1, 0.15) is 5.75 Å². The first-order valence-electron chi connectivity index (χ1n) is 7.25. The van der Waals surface area contributed by atoms with Crippen LogP contribution in [0, 0.1) is 11.3 Å². The molecule has 0 radical (unpaired) electrons. The van der Waals surface area contributed by atoms with Gasteiger partial charge in [0.25, 0.3) is 0 Å². The molecule has 0 amide bonds. The average Bonchev–Trinajstić information content (AvgIpc) is 2.35. The highest BCUT2D eigenvalue weighted by Gasteiger charge is 2.23. The van der Waals surface area contributed by atoms with E-state index in [1.807, 2.05) is 24.3 Å². The van der Waals surface area contributed by atoms with Crippen molar-refractivity contribution in [2.75, 3.05) is 6.61 Å².